The van der Waals surface area contributed by atoms with Gasteiger partial charge in [-0.3, -0.25) is 4.79 Å². The Kier molecular flexibility index (Phi) is 5.48. The normalized spacial score (nSPS) is 10.2. The number of hydrogen-bond donors (Lipinski definition) is 1. The van der Waals surface area contributed by atoms with Crippen LogP contribution in [0.1, 0.15) is 28.0 Å². The Hall–Kier alpha value is -2.41. The van der Waals surface area contributed by atoms with Gasteiger partial charge in [0, 0.05) is 5.38 Å². The smallest absolute Gasteiger partial charge is 0.338 e. The third kappa shape index (κ3) is 4.56. The summed E-state index contributed by atoms with van der Waals surface area (Å²) in [4.78, 5) is 27.0. The van der Waals surface area contributed by atoms with Gasteiger partial charge in [0.05, 0.1) is 16.3 Å². The summed E-state index contributed by atoms with van der Waals surface area (Å²) in [6, 6.07) is 6.39. The average Bonchev–Trinajstić information content (AvgIpc) is 2.99. The highest BCUT2D eigenvalue weighted by molar-refractivity contribution is 7.09. The number of carbonyl (C=O) groups is 2. The predicted octanol–water partition coefficient (Wildman–Crippen LogP) is 1.93. The fourth-order valence-electron chi connectivity index (χ4n) is 1.67. The first-order valence-corrected chi connectivity index (χ1v) is 7.58. The topological polar surface area (TPSA) is 91.5 Å². The Labute approximate surface area is 131 Å². The molecule has 0 bridgehead atoms. The first kappa shape index (κ1) is 16.0. The van der Waals surface area contributed by atoms with Crippen molar-refractivity contribution in [2.24, 2.45) is 5.73 Å². The number of nitrogens with two attached hydrogens (primary N) is 1. The molecule has 1 aromatic heterocycles. The number of aryl methyl sites for hydroxylation is 1. The number of aromatic nitrogens is 1. The molecule has 0 aliphatic rings. The van der Waals surface area contributed by atoms with Crippen LogP contribution in [0.25, 0.3) is 0 Å². The van der Waals surface area contributed by atoms with E-state index < -0.39 is 11.9 Å². The van der Waals surface area contributed by atoms with Crippen LogP contribution in [0.3, 0.4) is 0 Å². The van der Waals surface area contributed by atoms with E-state index in [1.54, 1.807) is 29.5 Å². The lowest BCUT2D eigenvalue weighted by Crippen LogP contribution is -2.20. The standard InChI is InChI=1S/C15H16N2O4S/c1-2-14-17-11(9-22-14)7-21-15(19)10-4-3-5-12(6-10)20-8-13(16)18/h3-6,9H,2,7-8H2,1H3,(H2,16,18). The quantitative estimate of drug-likeness (QED) is 0.787. The number of rotatable bonds is 7. The zero-order valence-electron chi connectivity index (χ0n) is 12.1. The fourth-order valence-corrected chi connectivity index (χ4v) is 2.40. The zero-order valence-corrected chi connectivity index (χ0v) is 12.9. The molecule has 2 rings (SSSR count). The number of ether oxygens (including phenoxy) is 2. The van der Waals surface area contributed by atoms with Gasteiger partial charge in [0.1, 0.15) is 12.4 Å². The lowest BCUT2D eigenvalue weighted by Gasteiger charge is -2.06. The number of carbonyl (C=O) groups excluding carboxylic acids is 2. The van der Waals surface area contributed by atoms with E-state index in [4.69, 9.17) is 15.2 Å². The van der Waals surface area contributed by atoms with Crippen molar-refractivity contribution >= 4 is 23.2 Å². The number of hydrogen-bond acceptors (Lipinski definition) is 6. The maximum atomic E-state index is 12.0. The highest BCUT2D eigenvalue weighted by atomic mass is 32.1. The Bertz CT molecular complexity index is 669. The molecule has 6 nitrogen and oxygen atoms in total. The summed E-state index contributed by atoms with van der Waals surface area (Å²) in [5.41, 5.74) is 6.08. The molecule has 0 radical (unpaired) electrons. The van der Waals surface area contributed by atoms with Gasteiger partial charge in [0.15, 0.2) is 6.61 Å². The summed E-state index contributed by atoms with van der Waals surface area (Å²) in [7, 11) is 0. The minimum atomic E-state index is -0.580. The number of amides is 1. The van der Waals surface area contributed by atoms with Crippen molar-refractivity contribution in [3.8, 4) is 5.75 Å². The Balaban J connectivity index is 1.94. The van der Waals surface area contributed by atoms with Gasteiger partial charge in [0.25, 0.3) is 5.91 Å². The van der Waals surface area contributed by atoms with E-state index in [0.29, 0.717) is 11.3 Å². The minimum Gasteiger partial charge on any atom is -0.484 e. The summed E-state index contributed by atoms with van der Waals surface area (Å²) in [5.74, 6) is -0.672. The summed E-state index contributed by atoms with van der Waals surface area (Å²) >= 11 is 1.54. The molecule has 1 aromatic carbocycles. The molecule has 0 atom stereocenters. The monoisotopic (exact) mass is 320 g/mol. The summed E-state index contributed by atoms with van der Waals surface area (Å²) in [6.07, 6.45) is 0.859. The Morgan fingerprint density at radius 3 is 2.86 bits per heavy atom. The molecule has 0 unspecified atom stereocenters. The molecule has 1 heterocycles. The van der Waals surface area contributed by atoms with E-state index in [9.17, 15) is 9.59 Å². The van der Waals surface area contributed by atoms with Gasteiger partial charge in [-0.15, -0.1) is 11.3 Å². The number of thiazole rings is 1. The maximum Gasteiger partial charge on any atom is 0.338 e. The molecular weight excluding hydrogens is 304 g/mol. The Morgan fingerprint density at radius 2 is 2.18 bits per heavy atom. The lowest BCUT2D eigenvalue weighted by molar-refractivity contribution is -0.119. The van der Waals surface area contributed by atoms with E-state index in [0.717, 1.165) is 17.1 Å². The van der Waals surface area contributed by atoms with Crippen molar-refractivity contribution in [1.82, 2.24) is 4.98 Å². The van der Waals surface area contributed by atoms with Crippen LogP contribution in [-0.2, 0) is 22.6 Å². The summed E-state index contributed by atoms with van der Waals surface area (Å²) < 4.78 is 10.4. The highest BCUT2D eigenvalue weighted by Crippen LogP contribution is 2.16. The van der Waals surface area contributed by atoms with E-state index in [1.165, 1.54) is 6.07 Å². The van der Waals surface area contributed by atoms with Crippen LogP contribution in [0.2, 0.25) is 0 Å². The molecule has 7 heteroatoms. The van der Waals surface area contributed by atoms with Crippen molar-refractivity contribution in [2.75, 3.05) is 6.61 Å². The number of esters is 1. The molecule has 1 amide bonds. The molecule has 0 spiro atoms. The van der Waals surface area contributed by atoms with Crippen LogP contribution in [0.15, 0.2) is 29.6 Å². The molecule has 0 aliphatic heterocycles. The number of primary amides is 1. The largest absolute Gasteiger partial charge is 0.484 e. The van der Waals surface area contributed by atoms with Gasteiger partial charge in [-0.25, -0.2) is 9.78 Å². The molecule has 0 fully saturated rings. The maximum absolute atomic E-state index is 12.0. The van der Waals surface area contributed by atoms with Gasteiger partial charge in [0.2, 0.25) is 0 Å². The van der Waals surface area contributed by atoms with Gasteiger partial charge in [-0.2, -0.15) is 0 Å². The molecule has 116 valence electrons. The van der Waals surface area contributed by atoms with Crippen LogP contribution in [0, 0.1) is 0 Å². The van der Waals surface area contributed by atoms with Gasteiger partial charge in [-0.1, -0.05) is 13.0 Å². The van der Waals surface area contributed by atoms with Crippen molar-refractivity contribution in [1.29, 1.82) is 0 Å². The summed E-state index contributed by atoms with van der Waals surface area (Å²) in [5, 5.41) is 2.88. The van der Waals surface area contributed by atoms with Crippen molar-refractivity contribution < 1.29 is 19.1 Å². The van der Waals surface area contributed by atoms with E-state index in [-0.39, 0.29) is 13.2 Å². The molecule has 0 saturated heterocycles. The van der Waals surface area contributed by atoms with Gasteiger partial charge >= 0.3 is 5.97 Å². The highest BCUT2D eigenvalue weighted by Gasteiger charge is 2.10. The number of nitrogens with zero attached hydrogens (tertiary/aromatic N) is 1. The van der Waals surface area contributed by atoms with E-state index in [2.05, 4.69) is 4.98 Å². The first-order chi connectivity index (χ1) is 10.6. The molecule has 2 aromatic rings. The van der Waals surface area contributed by atoms with Crippen molar-refractivity contribution in [3.63, 3.8) is 0 Å². The predicted molar refractivity (Wildman–Crippen MR) is 81.7 cm³/mol. The Morgan fingerprint density at radius 1 is 1.36 bits per heavy atom. The third-order valence-corrected chi connectivity index (χ3v) is 3.75. The second-order valence-corrected chi connectivity index (χ2v) is 5.39. The number of benzene rings is 1. The molecule has 2 N–H and O–H groups in total. The van der Waals surface area contributed by atoms with Gasteiger partial charge in [-0.05, 0) is 24.6 Å². The van der Waals surface area contributed by atoms with Crippen LogP contribution in [-0.4, -0.2) is 23.5 Å². The molecule has 22 heavy (non-hydrogen) atoms. The zero-order chi connectivity index (χ0) is 15.9. The molecule has 0 saturated carbocycles. The third-order valence-electron chi connectivity index (χ3n) is 2.70. The van der Waals surface area contributed by atoms with Gasteiger partial charge < -0.3 is 15.2 Å². The second kappa shape index (κ2) is 7.56. The fraction of sp³-hybridized carbons (Fsp3) is 0.267. The molecule has 0 aliphatic carbocycles. The summed E-state index contributed by atoms with van der Waals surface area (Å²) in [6.45, 7) is 1.91. The van der Waals surface area contributed by atoms with Crippen molar-refractivity contribution in [2.45, 2.75) is 20.0 Å². The van der Waals surface area contributed by atoms with Crippen molar-refractivity contribution in [3.05, 3.63) is 45.9 Å². The van der Waals surface area contributed by atoms with Crippen LogP contribution < -0.4 is 10.5 Å². The molecular formula is C15H16N2O4S. The van der Waals surface area contributed by atoms with E-state index >= 15 is 0 Å². The minimum absolute atomic E-state index is 0.127. The first-order valence-electron chi connectivity index (χ1n) is 6.70. The van der Waals surface area contributed by atoms with Crippen LogP contribution >= 0.6 is 11.3 Å². The lowest BCUT2D eigenvalue weighted by atomic mass is 10.2. The average molecular weight is 320 g/mol. The van der Waals surface area contributed by atoms with Crippen LogP contribution in [0.5, 0.6) is 5.75 Å². The second-order valence-electron chi connectivity index (χ2n) is 4.45. The van der Waals surface area contributed by atoms with E-state index in [1.807, 2.05) is 12.3 Å². The SMILES string of the molecule is CCc1nc(COC(=O)c2cccc(OCC(N)=O)c2)cs1. The van der Waals surface area contributed by atoms with Crippen LogP contribution in [0.4, 0.5) is 0 Å².